The fourth-order valence-electron chi connectivity index (χ4n) is 2.52. The second kappa shape index (κ2) is 7.25. The molecule has 0 unspecified atom stereocenters. The third kappa shape index (κ3) is 3.67. The van der Waals surface area contributed by atoms with Crippen LogP contribution in [0.25, 0.3) is 10.9 Å². The first-order valence-corrected chi connectivity index (χ1v) is 8.48. The number of nitrogens with zero attached hydrogens (tertiary/aromatic N) is 2. The number of aryl methyl sites for hydroxylation is 1. The van der Waals surface area contributed by atoms with Crippen molar-refractivity contribution in [3.63, 3.8) is 0 Å². The van der Waals surface area contributed by atoms with Crippen LogP contribution in [-0.4, -0.2) is 15.7 Å². The summed E-state index contributed by atoms with van der Waals surface area (Å²) in [4.78, 5) is 25.1. The van der Waals surface area contributed by atoms with Gasteiger partial charge in [-0.1, -0.05) is 35.3 Å². The van der Waals surface area contributed by atoms with Gasteiger partial charge in [-0.15, -0.1) is 0 Å². The summed E-state index contributed by atoms with van der Waals surface area (Å²) in [6.45, 7) is 2.69. The van der Waals surface area contributed by atoms with E-state index in [2.05, 4.69) is 10.4 Å². The molecule has 1 aromatic heterocycles. The first-order valence-electron chi connectivity index (χ1n) is 7.72. The summed E-state index contributed by atoms with van der Waals surface area (Å²) in [5, 5.41) is 8.35. The molecular formula is C18H15Cl2N3O2. The van der Waals surface area contributed by atoms with Gasteiger partial charge >= 0.3 is 0 Å². The molecule has 1 amide bonds. The number of hydrogen-bond donors (Lipinski definition) is 1. The van der Waals surface area contributed by atoms with Gasteiger partial charge in [0.15, 0.2) is 5.69 Å². The summed E-state index contributed by atoms with van der Waals surface area (Å²) < 4.78 is 1.62. The summed E-state index contributed by atoms with van der Waals surface area (Å²) in [7, 11) is 0. The minimum absolute atomic E-state index is 0.148. The van der Waals surface area contributed by atoms with Crippen molar-refractivity contribution in [3.8, 4) is 0 Å². The maximum Gasteiger partial charge on any atom is 0.276 e. The van der Waals surface area contributed by atoms with Crippen LogP contribution in [0.15, 0.2) is 47.3 Å². The van der Waals surface area contributed by atoms with Gasteiger partial charge in [0, 0.05) is 23.1 Å². The lowest BCUT2D eigenvalue weighted by atomic mass is 10.2. The van der Waals surface area contributed by atoms with Crippen LogP contribution in [0.4, 0.5) is 0 Å². The van der Waals surface area contributed by atoms with E-state index in [-0.39, 0.29) is 12.2 Å². The van der Waals surface area contributed by atoms with Crippen molar-refractivity contribution in [2.75, 3.05) is 0 Å². The molecule has 0 spiro atoms. The monoisotopic (exact) mass is 375 g/mol. The molecule has 25 heavy (non-hydrogen) atoms. The number of aromatic nitrogens is 2. The summed E-state index contributed by atoms with van der Waals surface area (Å²) in [6, 6.07) is 12.1. The Morgan fingerprint density at radius 2 is 1.80 bits per heavy atom. The van der Waals surface area contributed by atoms with Crippen molar-refractivity contribution in [1.29, 1.82) is 0 Å². The Hall–Kier alpha value is -2.37. The van der Waals surface area contributed by atoms with Crippen LogP contribution in [0.5, 0.6) is 0 Å². The molecule has 0 fully saturated rings. The van der Waals surface area contributed by atoms with Gasteiger partial charge in [-0.05, 0) is 42.8 Å². The van der Waals surface area contributed by atoms with Gasteiger partial charge in [-0.3, -0.25) is 14.3 Å². The molecule has 0 saturated heterocycles. The number of halogens is 2. The minimum Gasteiger partial charge on any atom is -0.346 e. The molecule has 5 nitrogen and oxygen atoms in total. The Bertz CT molecular complexity index is 998. The van der Waals surface area contributed by atoms with E-state index >= 15 is 0 Å². The first kappa shape index (κ1) is 17.5. The molecule has 3 rings (SSSR count). The molecule has 1 N–H and O–H groups in total. The predicted octanol–water partition coefficient (Wildman–Crippen LogP) is 3.65. The van der Waals surface area contributed by atoms with Crippen LogP contribution in [0.2, 0.25) is 10.0 Å². The van der Waals surface area contributed by atoms with Crippen molar-refractivity contribution < 1.29 is 4.79 Å². The lowest BCUT2D eigenvalue weighted by Gasteiger charge is -2.11. The number of fused-ring (bicyclic) bond motifs is 1. The average molecular weight is 376 g/mol. The summed E-state index contributed by atoms with van der Waals surface area (Å²) in [6.07, 6.45) is 0. The highest BCUT2D eigenvalue weighted by Crippen LogP contribution is 2.16. The SMILES string of the molecule is CCn1nc(C(=O)NCc2ccc(Cl)cc2)c(=O)c2cc(Cl)ccc21. The lowest BCUT2D eigenvalue weighted by Crippen LogP contribution is -2.31. The van der Waals surface area contributed by atoms with Gasteiger partial charge in [0.25, 0.3) is 5.91 Å². The van der Waals surface area contributed by atoms with Crippen LogP contribution in [-0.2, 0) is 13.1 Å². The van der Waals surface area contributed by atoms with E-state index in [1.54, 1.807) is 47.1 Å². The Labute approximate surface area is 154 Å². The quantitative estimate of drug-likeness (QED) is 0.756. The Balaban J connectivity index is 1.94. The second-order valence-corrected chi connectivity index (χ2v) is 6.34. The molecule has 3 aromatic rings. The summed E-state index contributed by atoms with van der Waals surface area (Å²) in [5.41, 5.74) is 0.935. The fourth-order valence-corrected chi connectivity index (χ4v) is 2.82. The molecule has 2 aromatic carbocycles. The number of amides is 1. The van der Waals surface area contributed by atoms with Crippen LogP contribution in [0, 0.1) is 0 Å². The third-order valence-electron chi connectivity index (χ3n) is 3.80. The Morgan fingerprint density at radius 1 is 1.12 bits per heavy atom. The Morgan fingerprint density at radius 3 is 2.48 bits per heavy atom. The largest absolute Gasteiger partial charge is 0.346 e. The summed E-state index contributed by atoms with van der Waals surface area (Å²) >= 11 is 11.8. The van der Waals surface area contributed by atoms with Gasteiger partial charge in [0.05, 0.1) is 10.9 Å². The normalized spacial score (nSPS) is 10.8. The van der Waals surface area contributed by atoms with E-state index in [1.807, 2.05) is 6.92 Å². The van der Waals surface area contributed by atoms with E-state index in [0.717, 1.165) is 5.56 Å². The van der Waals surface area contributed by atoms with E-state index < -0.39 is 11.3 Å². The van der Waals surface area contributed by atoms with Gasteiger partial charge < -0.3 is 5.32 Å². The van der Waals surface area contributed by atoms with Gasteiger partial charge in [-0.25, -0.2) is 0 Å². The standard InChI is InChI=1S/C18H15Cl2N3O2/c1-2-23-15-8-7-13(20)9-14(15)17(24)16(22-23)18(25)21-10-11-3-5-12(19)6-4-11/h3-9H,2,10H2,1H3,(H,21,25). The van der Waals surface area contributed by atoms with E-state index in [4.69, 9.17) is 23.2 Å². The number of carbonyl (C=O) groups excluding carboxylic acids is 1. The molecule has 128 valence electrons. The summed E-state index contributed by atoms with van der Waals surface area (Å²) in [5.74, 6) is -0.524. The Kier molecular flexibility index (Phi) is 5.06. The smallest absolute Gasteiger partial charge is 0.276 e. The number of hydrogen-bond acceptors (Lipinski definition) is 3. The number of nitrogens with one attached hydrogen (secondary N) is 1. The van der Waals surface area contributed by atoms with Crippen molar-refractivity contribution in [2.45, 2.75) is 20.0 Å². The fraction of sp³-hybridized carbons (Fsp3) is 0.167. The molecule has 0 aliphatic heterocycles. The molecule has 0 atom stereocenters. The molecule has 0 aliphatic carbocycles. The van der Waals surface area contributed by atoms with Crippen LogP contribution < -0.4 is 10.7 Å². The van der Waals surface area contributed by atoms with E-state index in [9.17, 15) is 9.59 Å². The van der Waals surface area contributed by atoms with Crippen LogP contribution in [0.3, 0.4) is 0 Å². The van der Waals surface area contributed by atoms with Crippen LogP contribution in [0.1, 0.15) is 23.0 Å². The zero-order chi connectivity index (χ0) is 18.0. The zero-order valence-corrected chi connectivity index (χ0v) is 14.9. The van der Waals surface area contributed by atoms with Crippen molar-refractivity contribution in [1.82, 2.24) is 15.1 Å². The highest BCUT2D eigenvalue weighted by Gasteiger charge is 2.17. The average Bonchev–Trinajstić information content (AvgIpc) is 2.61. The van der Waals surface area contributed by atoms with Crippen molar-refractivity contribution in [2.24, 2.45) is 0 Å². The van der Waals surface area contributed by atoms with Crippen molar-refractivity contribution in [3.05, 3.63) is 74.0 Å². The molecule has 0 aliphatic rings. The number of rotatable bonds is 4. The minimum atomic E-state index is -0.524. The van der Waals surface area contributed by atoms with E-state index in [1.165, 1.54) is 0 Å². The molecule has 7 heteroatoms. The highest BCUT2D eigenvalue weighted by atomic mass is 35.5. The third-order valence-corrected chi connectivity index (χ3v) is 4.29. The molecule has 0 saturated carbocycles. The van der Waals surface area contributed by atoms with Crippen LogP contribution >= 0.6 is 23.2 Å². The van der Waals surface area contributed by atoms with Gasteiger partial charge in [-0.2, -0.15) is 5.10 Å². The topological polar surface area (TPSA) is 64.0 Å². The zero-order valence-electron chi connectivity index (χ0n) is 13.4. The second-order valence-electron chi connectivity index (χ2n) is 5.46. The van der Waals surface area contributed by atoms with Crippen molar-refractivity contribution >= 4 is 40.0 Å². The molecule has 0 radical (unpaired) electrons. The number of benzene rings is 2. The number of carbonyl (C=O) groups is 1. The highest BCUT2D eigenvalue weighted by molar-refractivity contribution is 6.31. The lowest BCUT2D eigenvalue weighted by molar-refractivity contribution is 0.0943. The van der Waals surface area contributed by atoms with Gasteiger partial charge in [0.1, 0.15) is 0 Å². The first-order chi connectivity index (χ1) is 12.0. The van der Waals surface area contributed by atoms with E-state index in [0.29, 0.717) is 27.5 Å². The maximum atomic E-state index is 12.6. The molecule has 0 bridgehead atoms. The predicted molar refractivity (Wildman–Crippen MR) is 99.3 cm³/mol. The van der Waals surface area contributed by atoms with Gasteiger partial charge in [0.2, 0.25) is 5.43 Å². The maximum absolute atomic E-state index is 12.6. The molecule has 1 heterocycles. The molecular weight excluding hydrogens is 361 g/mol.